The van der Waals surface area contributed by atoms with Gasteiger partial charge in [0.1, 0.15) is 5.69 Å². The van der Waals surface area contributed by atoms with Crippen LogP contribution in [0.15, 0.2) is 41.3 Å². The highest BCUT2D eigenvalue weighted by molar-refractivity contribution is 6.06. The first kappa shape index (κ1) is 21.2. The van der Waals surface area contributed by atoms with Gasteiger partial charge in [-0.25, -0.2) is 0 Å². The van der Waals surface area contributed by atoms with E-state index in [1.165, 1.54) is 36.3 Å². The number of amides is 2. The summed E-state index contributed by atoms with van der Waals surface area (Å²) < 4.78 is 40.5. The van der Waals surface area contributed by atoms with Crippen molar-refractivity contribution in [2.45, 2.75) is 20.0 Å². The molecule has 0 saturated heterocycles. The zero-order chi connectivity index (χ0) is 21.1. The van der Waals surface area contributed by atoms with Crippen molar-refractivity contribution in [3.63, 3.8) is 0 Å². The standard InChI is InChI=1S/C19H20F3N3O3/c1-4-25(5-2)17(27)12-10-15(18(28)24(3)11-12)23-16(26)13-8-6-7-9-14(13)19(20,21)22/h6-11H,4-5H2,1-3H3,(H,23,26). The zero-order valence-electron chi connectivity index (χ0n) is 15.6. The summed E-state index contributed by atoms with van der Waals surface area (Å²) in [4.78, 5) is 38.8. The van der Waals surface area contributed by atoms with Crippen LogP contribution in [0.4, 0.5) is 18.9 Å². The van der Waals surface area contributed by atoms with E-state index in [1.807, 2.05) is 0 Å². The van der Waals surface area contributed by atoms with E-state index in [2.05, 4.69) is 5.32 Å². The average Bonchev–Trinajstić information content (AvgIpc) is 2.65. The van der Waals surface area contributed by atoms with Crippen LogP contribution in [-0.4, -0.2) is 34.4 Å². The molecule has 0 atom stereocenters. The minimum absolute atomic E-state index is 0.144. The topological polar surface area (TPSA) is 71.4 Å². The number of aryl methyl sites for hydroxylation is 1. The molecule has 150 valence electrons. The molecule has 0 spiro atoms. The highest BCUT2D eigenvalue weighted by Gasteiger charge is 2.35. The molecule has 1 N–H and O–H groups in total. The third-order valence-corrected chi connectivity index (χ3v) is 4.21. The SMILES string of the molecule is CCN(CC)C(=O)c1cc(NC(=O)c2ccccc2C(F)(F)F)c(=O)n(C)c1. The van der Waals surface area contributed by atoms with E-state index in [0.29, 0.717) is 13.1 Å². The Morgan fingerprint density at radius 2 is 1.75 bits per heavy atom. The van der Waals surface area contributed by atoms with Gasteiger partial charge in [-0.3, -0.25) is 14.4 Å². The minimum atomic E-state index is -4.72. The second-order valence-electron chi connectivity index (χ2n) is 6.03. The highest BCUT2D eigenvalue weighted by atomic mass is 19.4. The van der Waals surface area contributed by atoms with E-state index in [9.17, 15) is 27.6 Å². The summed E-state index contributed by atoms with van der Waals surface area (Å²) in [5.41, 5.74) is -2.50. The van der Waals surface area contributed by atoms with Gasteiger partial charge in [0.25, 0.3) is 17.4 Å². The fourth-order valence-electron chi connectivity index (χ4n) is 2.73. The number of rotatable bonds is 5. The maximum Gasteiger partial charge on any atom is 0.417 e. The van der Waals surface area contributed by atoms with Crippen LogP contribution >= 0.6 is 0 Å². The molecule has 1 aromatic heterocycles. The number of anilines is 1. The second kappa shape index (κ2) is 8.28. The monoisotopic (exact) mass is 395 g/mol. The van der Waals surface area contributed by atoms with Crippen molar-refractivity contribution in [1.82, 2.24) is 9.47 Å². The average molecular weight is 395 g/mol. The largest absolute Gasteiger partial charge is 0.417 e. The third-order valence-electron chi connectivity index (χ3n) is 4.21. The van der Waals surface area contributed by atoms with Crippen LogP contribution in [0.25, 0.3) is 0 Å². The number of benzene rings is 1. The first-order valence-electron chi connectivity index (χ1n) is 8.57. The lowest BCUT2D eigenvalue weighted by Crippen LogP contribution is -2.32. The summed E-state index contributed by atoms with van der Waals surface area (Å²) in [6, 6.07) is 5.45. The summed E-state index contributed by atoms with van der Waals surface area (Å²) in [5, 5.41) is 2.21. The van der Waals surface area contributed by atoms with Crippen LogP contribution in [0.2, 0.25) is 0 Å². The summed E-state index contributed by atoms with van der Waals surface area (Å²) in [6.07, 6.45) is -3.40. The number of nitrogens with zero attached hydrogens (tertiary/aromatic N) is 2. The summed E-state index contributed by atoms with van der Waals surface area (Å²) in [6.45, 7) is 4.47. The van der Waals surface area contributed by atoms with Gasteiger partial charge in [-0.1, -0.05) is 12.1 Å². The number of pyridine rings is 1. The molecule has 0 saturated carbocycles. The number of aromatic nitrogens is 1. The van der Waals surface area contributed by atoms with Crippen LogP contribution in [-0.2, 0) is 13.2 Å². The van der Waals surface area contributed by atoms with Crippen molar-refractivity contribution in [3.8, 4) is 0 Å². The van der Waals surface area contributed by atoms with Crippen molar-refractivity contribution in [3.05, 3.63) is 63.6 Å². The predicted molar refractivity (Wildman–Crippen MR) is 98.3 cm³/mol. The molecular weight excluding hydrogens is 375 g/mol. The number of nitrogens with one attached hydrogen (secondary N) is 1. The number of halogens is 3. The maximum atomic E-state index is 13.1. The van der Waals surface area contributed by atoms with Crippen molar-refractivity contribution in [1.29, 1.82) is 0 Å². The van der Waals surface area contributed by atoms with Crippen LogP contribution < -0.4 is 10.9 Å². The maximum absolute atomic E-state index is 13.1. The van der Waals surface area contributed by atoms with Crippen LogP contribution in [0.5, 0.6) is 0 Å². The Morgan fingerprint density at radius 3 is 2.32 bits per heavy atom. The Morgan fingerprint density at radius 1 is 1.14 bits per heavy atom. The molecule has 0 aliphatic carbocycles. The molecule has 9 heteroatoms. The molecule has 0 aliphatic rings. The van der Waals surface area contributed by atoms with E-state index >= 15 is 0 Å². The Bertz CT molecular complexity index is 947. The predicted octanol–water partition coefficient (Wildman–Crippen LogP) is 3.14. The van der Waals surface area contributed by atoms with Gasteiger partial charge in [0.05, 0.1) is 16.7 Å². The molecule has 28 heavy (non-hydrogen) atoms. The van der Waals surface area contributed by atoms with Gasteiger partial charge < -0.3 is 14.8 Å². The highest BCUT2D eigenvalue weighted by Crippen LogP contribution is 2.32. The van der Waals surface area contributed by atoms with Crippen molar-refractivity contribution >= 4 is 17.5 Å². The smallest absolute Gasteiger partial charge is 0.339 e. The fourth-order valence-corrected chi connectivity index (χ4v) is 2.73. The van der Waals surface area contributed by atoms with Gasteiger partial charge >= 0.3 is 6.18 Å². The van der Waals surface area contributed by atoms with E-state index in [0.717, 1.165) is 16.7 Å². The molecule has 0 bridgehead atoms. The Kier molecular flexibility index (Phi) is 6.27. The van der Waals surface area contributed by atoms with Crippen molar-refractivity contribution in [2.75, 3.05) is 18.4 Å². The molecule has 2 rings (SSSR count). The summed E-state index contributed by atoms with van der Waals surface area (Å²) >= 11 is 0. The van der Waals surface area contributed by atoms with Crippen LogP contribution in [0.3, 0.4) is 0 Å². The molecule has 2 amide bonds. The molecule has 0 radical (unpaired) electrons. The van der Waals surface area contributed by atoms with Crippen LogP contribution in [0.1, 0.15) is 40.1 Å². The lowest BCUT2D eigenvalue weighted by atomic mass is 10.1. The molecule has 2 aromatic rings. The van der Waals surface area contributed by atoms with E-state index in [-0.39, 0.29) is 17.2 Å². The van der Waals surface area contributed by atoms with Gasteiger partial charge in [-0.05, 0) is 32.0 Å². The molecule has 0 aliphatic heterocycles. The number of carbonyl (C=O) groups is 2. The van der Waals surface area contributed by atoms with E-state index < -0.39 is 28.8 Å². The quantitative estimate of drug-likeness (QED) is 0.846. The molecule has 0 fully saturated rings. The minimum Gasteiger partial charge on any atom is -0.339 e. The molecule has 6 nitrogen and oxygen atoms in total. The number of alkyl halides is 3. The molecule has 1 heterocycles. The first-order valence-corrected chi connectivity index (χ1v) is 8.57. The molecule has 1 aromatic carbocycles. The van der Waals surface area contributed by atoms with Gasteiger partial charge in [0, 0.05) is 26.3 Å². The molecule has 0 unspecified atom stereocenters. The van der Waals surface area contributed by atoms with Gasteiger partial charge in [-0.15, -0.1) is 0 Å². The number of hydrogen-bond donors (Lipinski definition) is 1. The van der Waals surface area contributed by atoms with Crippen molar-refractivity contribution in [2.24, 2.45) is 7.05 Å². The van der Waals surface area contributed by atoms with Gasteiger partial charge in [0.2, 0.25) is 0 Å². The Hall–Kier alpha value is -3.10. The molecular formula is C19H20F3N3O3. The first-order chi connectivity index (χ1) is 13.1. The Labute approximate surface area is 159 Å². The number of hydrogen-bond acceptors (Lipinski definition) is 3. The second-order valence-corrected chi connectivity index (χ2v) is 6.03. The van der Waals surface area contributed by atoms with E-state index in [1.54, 1.807) is 13.8 Å². The summed E-state index contributed by atoms with van der Waals surface area (Å²) in [5.74, 6) is -1.44. The van der Waals surface area contributed by atoms with Crippen molar-refractivity contribution < 1.29 is 22.8 Å². The number of carbonyl (C=O) groups excluding carboxylic acids is 2. The third kappa shape index (κ3) is 4.41. The summed E-state index contributed by atoms with van der Waals surface area (Å²) in [7, 11) is 1.39. The normalized spacial score (nSPS) is 11.2. The zero-order valence-corrected chi connectivity index (χ0v) is 15.6. The van der Waals surface area contributed by atoms with Gasteiger partial charge in [0.15, 0.2) is 0 Å². The fraction of sp³-hybridized carbons (Fsp3) is 0.316. The van der Waals surface area contributed by atoms with Crippen LogP contribution in [0, 0.1) is 0 Å². The Balaban J connectivity index is 2.44. The lowest BCUT2D eigenvalue weighted by Gasteiger charge is -2.19. The lowest BCUT2D eigenvalue weighted by molar-refractivity contribution is -0.137. The van der Waals surface area contributed by atoms with Gasteiger partial charge in [-0.2, -0.15) is 13.2 Å². The van der Waals surface area contributed by atoms with E-state index in [4.69, 9.17) is 0 Å².